The van der Waals surface area contributed by atoms with Crippen molar-refractivity contribution in [3.05, 3.63) is 16.6 Å². The molecule has 118 valence electrons. The van der Waals surface area contributed by atoms with Gasteiger partial charge >= 0.3 is 6.03 Å². The Bertz CT molecular complexity index is 436. The Morgan fingerprint density at radius 3 is 3.05 bits per heavy atom. The molecule has 0 aliphatic carbocycles. The second-order valence-electron chi connectivity index (χ2n) is 5.86. The molecule has 1 fully saturated rings. The molecule has 2 heterocycles. The van der Waals surface area contributed by atoms with Gasteiger partial charge in [-0.15, -0.1) is 11.3 Å². The molecular formula is C15H25N3O2S. The highest BCUT2D eigenvalue weighted by Gasteiger charge is 2.28. The maximum absolute atomic E-state index is 12.3. The van der Waals surface area contributed by atoms with Crippen LogP contribution in [0.3, 0.4) is 0 Å². The van der Waals surface area contributed by atoms with Crippen LogP contribution >= 0.6 is 11.3 Å². The van der Waals surface area contributed by atoms with Gasteiger partial charge in [-0.2, -0.15) is 0 Å². The summed E-state index contributed by atoms with van der Waals surface area (Å²) >= 11 is 1.58. The smallest absolute Gasteiger partial charge is 0.318 e. The summed E-state index contributed by atoms with van der Waals surface area (Å²) in [7, 11) is 0. The number of nitrogens with one attached hydrogen (secondary N) is 1. The van der Waals surface area contributed by atoms with E-state index in [1.807, 2.05) is 10.3 Å². The predicted molar refractivity (Wildman–Crippen MR) is 84.4 cm³/mol. The fraction of sp³-hybridized carbons (Fsp3) is 0.733. The number of nitrogens with zero attached hydrogens (tertiary/aromatic N) is 2. The van der Waals surface area contributed by atoms with Crippen molar-refractivity contribution in [1.82, 2.24) is 15.2 Å². The predicted octanol–water partition coefficient (Wildman–Crippen LogP) is 3.05. The Balaban J connectivity index is 1.81. The summed E-state index contributed by atoms with van der Waals surface area (Å²) in [4.78, 5) is 18.5. The van der Waals surface area contributed by atoms with Crippen molar-refractivity contribution in [2.75, 3.05) is 19.7 Å². The van der Waals surface area contributed by atoms with Gasteiger partial charge in [-0.3, -0.25) is 0 Å². The lowest BCUT2D eigenvalue weighted by molar-refractivity contribution is 0.0435. The second kappa shape index (κ2) is 7.75. The number of hydrogen-bond donors (Lipinski definition) is 1. The van der Waals surface area contributed by atoms with Crippen LogP contribution in [0.15, 0.2) is 11.6 Å². The van der Waals surface area contributed by atoms with E-state index in [4.69, 9.17) is 4.74 Å². The van der Waals surface area contributed by atoms with E-state index in [1.165, 1.54) is 0 Å². The molecule has 1 aromatic rings. The Labute approximate surface area is 130 Å². The fourth-order valence-electron chi connectivity index (χ4n) is 2.36. The fourth-order valence-corrected chi connectivity index (χ4v) is 3.14. The topological polar surface area (TPSA) is 54.5 Å². The van der Waals surface area contributed by atoms with Gasteiger partial charge in [-0.1, -0.05) is 20.8 Å². The number of thiazole rings is 1. The van der Waals surface area contributed by atoms with E-state index in [9.17, 15) is 4.79 Å². The minimum Gasteiger partial charge on any atom is -0.376 e. The van der Waals surface area contributed by atoms with E-state index in [2.05, 4.69) is 31.1 Å². The molecule has 0 bridgehead atoms. The van der Waals surface area contributed by atoms with Crippen molar-refractivity contribution >= 4 is 17.4 Å². The first-order chi connectivity index (χ1) is 10.1. The number of amides is 2. The minimum absolute atomic E-state index is 0.00676. The molecular weight excluding hydrogens is 286 g/mol. The van der Waals surface area contributed by atoms with Gasteiger partial charge in [0.2, 0.25) is 0 Å². The zero-order chi connectivity index (χ0) is 15.2. The van der Waals surface area contributed by atoms with Crippen LogP contribution in [0.25, 0.3) is 0 Å². The van der Waals surface area contributed by atoms with Crippen LogP contribution in [0.1, 0.15) is 44.7 Å². The first-order valence-corrected chi connectivity index (χ1v) is 8.54. The van der Waals surface area contributed by atoms with Crippen LogP contribution in [-0.4, -0.2) is 41.7 Å². The third-order valence-corrected chi connectivity index (χ3v) is 4.44. The van der Waals surface area contributed by atoms with E-state index in [0.29, 0.717) is 12.5 Å². The average Bonchev–Trinajstić information content (AvgIpc) is 3.13. The van der Waals surface area contributed by atoms with Crippen LogP contribution in [-0.2, 0) is 4.74 Å². The van der Waals surface area contributed by atoms with Crippen molar-refractivity contribution in [1.29, 1.82) is 0 Å². The van der Waals surface area contributed by atoms with Gasteiger partial charge in [0, 0.05) is 31.3 Å². The molecule has 1 saturated heterocycles. The van der Waals surface area contributed by atoms with Gasteiger partial charge in [0.05, 0.1) is 12.1 Å². The van der Waals surface area contributed by atoms with Crippen molar-refractivity contribution < 1.29 is 9.53 Å². The lowest BCUT2D eigenvalue weighted by Gasteiger charge is -2.21. The van der Waals surface area contributed by atoms with Gasteiger partial charge in [0.1, 0.15) is 5.01 Å². The molecule has 0 unspecified atom stereocenters. The molecule has 2 atom stereocenters. The SMILES string of the molecule is CC[C@@H](NC(=O)N1CC[C@H](OCC(C)C)C1)c1nccs1. The Hall–Kier alpha value is -1.14. The molecule has 1 N–H and O–H groups in total. The zero-order valence-electron chi connectivity index (χ0n) is 13.0. The highest BCUT2D eigenvalue weighted by atomic mass is 32.1. The van der Waals surface area contributed by atoms with E-state index in [0.717, 1.165) is 31.0 Å². The number of hydrogen-bond acceptors (Lipinski definition) is 4. The number of carbonyl (C=O) groups excluding carboxylic acids is 1. The molecule has 0 aromatic carbocycles. The maximum atomic E-state index is 12.3. The van der Waals surface area contributed by atoms with Crippen LogP contribution < -0.4 is 5.32 Å². The molecule has 1 aliphatic heterocycles. The van der Waals surface area contributed by atoms with Crippen molar-refractivity contribution in [3.8, 4) is 0 Å². The third kappa shape index (κ3) is 4.68. The Morgan fingerprint density at radius 2 is 2.43 bits per heavy atom. The van der Waals surface area contributed by atoms with E-state index in [1.54, 1.807) is 17.5 Å². The summed E-state index contributed by atoms with van der Waals surface area (Å²) in [6.07, 6.45) is 3.73. The van der Waals surface area contributed by atoms with Gasteiger partial charge in [-0.05, 0) is 18.8 Å². The maximum Gasteiger partial charge on any atom is 0.318 e. The first-order valence-electron chi connectivity index (χ1n) is 7.66. The van der Waals surface area contributed by atoms with Gasteiger partial charge in [0.25, 0.3) is 0 Å². The monoisotopic (exact) mass is 311 g/mol. The van der Waals surface area contributed by atoms with Crippen LogP contribution in [0.5, 0.6) is 0 Å². The first kappa shape index (κ1) is 16.2. The summed E-state index contributed by atoms with van der Waals surface area (Å²) in [5.41, 5.74) is 0. The quantitative estimate of drug-likeness (QED) is 0.878. The summed E-state index contributed by atoms with van der Waals surface area (Å²) < 4.78 is 5.82. The second-order valence-corrected chi connectivity index (χ2v) is 6.79. The molecule has 21 heavy (non-hydrogen) atoms. The molecule has 2 rings (SSSR count). The molecule has 0 spiro atoms. The van der Waals surface area contributed by atoms with Gasteiger partial charge in [0.15, 0.2) is 0 Å². The lowest BCUT2D eigenvalue weighted by Crippen LogP contribution is -2.40. The lowest BCUT2D eigenvalue weighted by atomic mass is 10.2. The highest BCUT2D eigenvalue weighted by molar-refractivity contribution is 7.09. The number of aromatic nitrogens is 1. The number of rotatable bonds is 6. The molecule has 1 aliphatic rings. The number of likely N-dealkylation sites (tertiary alicyclic amines) is 1. The highest BCUT2D eigenvalue weighted by Crippen LogP contribution is 2.20. The van der Waals surface area contributed by atoms with E-state index < -0.39 is 0 Å². The van der Waals surface area contributed by atoms with Crippen molar-refractivity contribution in [2.45, 2.75) is 45.8 Å². The van der Waals surface area contributed by atoms with Crippen LogP contribution in [0.2, 0.25) is 0 Å². The van der Waals surface area contributed by atoms with E-state index in [-0.39, 0.29) is 18.2 Å². The molecule has 1 aromatic heterocycles. The Morgan fingerprint density at radius 1 is 1.62 bits per heavy atom. The third-order valence-electron chi connectivity index (χ3n) is 3.55. The average molecular weight is 311 g/mol. The van der Waals surface area contributed by atoms with Gasteiger partial charge in [-0.25, -0.2) is 9.78 Å². The number of urea groups is 1. The number of carbonyl (C=O) groups is 1. The molecule has 2 amide bonds. The molecule has 0 saturated carbocycles. The number of ether oxygens (including phenoxy) is 1. The van der Waals surface area contributed by atoms with Crippen molar-refractivity contribution in [2.24, 2.45) is 5.92 Å². The summed E-state index contributed by atoms with van der Waals surface area (Å²) in [6.45, 7) is 8.55. The summed E-state index contributed by atoms with van der Waals surface area (Å²) in [5.74, 6) is 0.530. The standard InChI is InChI=1S/C15H25N3O2S/c1-4-13(14-16-6-8-21-14)17-15(19)18-7-5-12(9-18)20-10-11(2)3/h6,8,11-13H,4-5,7,9-10H2,1-3H3,(H,17,19)/t12-,13+/m0/s1. The van der Waals surface area contributed by atoms with Gasteiger partial charge < -0.3 is 15.0 Å². The normalized spacial score (nSPS) is 20.0. The molecule has 5 nitrogen and oxygen atoms in total. The molecule has 6 heteroatoms. The van der Waals surface area contributed by atoms with Crippen molar-refractivity contribution in [3.63, 3.8) is 0 Å². The Kier molecular flexibility index (Phi) is 5.99. The van der Waals surface area contributed by atoms with Crippen LogP contribution in [0, 0.1) is 5.92 Å². The summed E-state index contributed by atoms with van der Waals surface area (Å²) in [6, 6.07) is 0.000768. The molecule has 0 radical (unpaired) electrons. The van der Waals surface area contributed by atoms with Crippen LogP contribution in [0.4, 0.5) is 4.79 Å². The largest absolute Gasteiger partial charge is 0.376 e. The zero-order valence-corrected chi connectivity index (χ0v) is 13.9. The summed E-state index contributed by atoms with van der Waals surface area (Å²) in [5, 5.41) is 5.99. The van der Waals surface area contributed by atoms with E-state index >= 15 is 0 Å². The minimum atomic E-state index is -0.00676.